The maximum atomic E-state index is 11.1. The number of ether oxygens (including phenoxy) is 1. The van der Waals surface area contributed by atoms with Crippen molar-refractivity contribution < 1.29 is 9.84 Å². The summed E-state index contributed by atoms with van der Waals surface area (Å²) in [6.07, 6.45) is 1.22. The Bertz CT molecular complexity index is 660. The van der Waals surface area contributed by atoms with Crippen molar-refractivity contribution in [3.63, 3.8) is 0 Å². The molecule has 0 unspecified atom stereocenters. The summed E-state index contributed by atoms with van der Waals surface area (Å²) in [6.45, 7) is 0.402. The first-order valence-electron chi connectivity index (χ1n) is 5.88. The van der Waals surface area contributed by atoms with Gasteiger partial charge in [-0.25, -0.2) is 0 Å². The zero-order valence-electron chi connectivity index (χ0n) is 10.2. The Morgan fingerprint density at radius 1 is 1.16 bits per heavy atom. The van der Waals surface area contributed by atoms with Crippen LogP contribution in [0.3, 0.4) is 0 Å². The van der Waals surface area contributed by atoms with Gasteiger partial charge in [-0.15, -0.1) is 0 Å². The van der Waals surface area contributed by atoms with Gasteiger partial charge in [0.2, 0.25) is 5.43 Å². The van der Waals surface area contributed by atoms with Crippen molar-refractivity contribution in [1.29, 1.82) is 0 Å². The van der Waals surface area contributed by atoms with Crippen LogP contribution in [0.4, 0.5) is 0 Å². The zero-order chi connectivity index (χ0) is 13.7. The number of phenols is 1. The molecule has 2 aromatic rings. The van der Waals surface area contributed by atoms with E-state index in [4.69, 9.17) is 4.74 Å². The number of aromatic amines is 2. The Labute approximate surface area is 108 Å². The highest BCUT2D eigenvalue weighted by Gasteiger charge is 2.01. The minimum Gasteiger partial charge on any atom is -0.504 e. The second-order valence-electron chi connectivity index (χ2n) is 4.03. The van der Waals surface area contributed by atoms with Gasteiger partial charge in [0.15, 0.2) is 11.5 Å². The van der Waals surface area contributed by atoms with E-state index < -0.39 is 11.0 Å². The molecule has 1 heterocycles. The lowest BCUT2D eigenvalue weighted by atomic mass is 10.2. The molecule has 0 saturated carbocycles. The summed E-state index contributed by atoms with van der Waals surface area (Å²) in [7, 11) is 0. The molecule has 0 atom stereocenters. The van der Waals surface area contributed by atoms with E-state index in [1.54, 1.807) is 24.3 Å². The molecule has 2 rings (SSSR count). The summed E-state index contributed by atoms with van der Waals surface area (Å²) in [5.41, 5.74) is -0.574. The molecule has 0 radical (unpaired) electrons. The molecule has 0 amide bonds. The molecule has 0 bridgehead atoms. The summed E-state index contributed by atoms with van der Waals surface area (Å²) < 4.78 is 5.40. The number of hydrogen-bond donors (Lipinski definition) is 3. The van der Waals surface area contributed by atoms with Gasteiger partial charge in [-0.1, -0.05) is 12.1 Å². The fraction of sp³-hybridized carbons (Fsp3) is 0.231. The second kappa shape index (κ2) is 5.90. The highest BCUT2D eigenvalue weighted by atomic mass is 16.5. The van der Waals surface area contributed by atoms with E-state index in [-0.39, 0.29) is 5.75 Å². The van der Waals surface area contributed by atoms with Gasteiger partial charge in [0.05, 0.1) is 6.61 Å². The number of benzene rings is 1. The molecule has 100 valence electrons. The molecular weight excluding hydrogens is 248 g/mol. The van der Waals surface area contributed by atoms with Crippen LogP contribution in [0.1, 0.15) is 12.1 Å². The molecule has 6 heteroatoms. The quantitative estimate of drug-likeness (QED) is 0.548. The summed E-state index contributed by atoms with van der Waals surface area (Å²) in [4.78, 5) is 22.0. The number of H-pyrrole nitrogens is 2. The van der Waals surface area contributed by atoms with Gasteiger partial charge >= 0.3 is 5.56 Å². The largest absolute Gasteiger partial charge is 0.504 e. The van der Waals surface area contributed by atoms with Crippen LogP contribution in [0.5, 0.6) is 11.5 Å². The topological polar surface area (TPSA) is 95.2 Å². The van der Waals surface area contributed by atoms with E-state index in [1.165, 1.54) is 6.07 Å². The van der Waals surface area contributed by atoms with Gasteiger partial charge in [-0.05, 0) is 25.0 Å². The Balaban J connectivity index is 1.84. The van der Waals surface area contributed by atoms with Crippen LogP contribution in [-0.2, 0) is 6.42 Å². The molecule has 0 saturated heterocycles. The van der Waals surface area contributed by atoms with E-state index in [2.05, 4.69) is 10.2 Å². The van der Waals surface area contributed by atoms with Crippen molar-refractivity contribution >= 4 is 0 Å². The van der Waals surface area contributed by atoms with Gasteiger partial charge in [0.25, 0.3) is 0 Å². The van der Waals surface area contributed by atoms with E-state index in [1.807, 2.05) is 0 Å². The zero-order valence-corrected chi connectivity index (χ0v) is 10.2. The summed E-state index contributed by atoms with van der Waals surface area (Å²) in [6, 6.07) is 7.99. The first-order chi connectivity index (χ1) is 9.16. The van der Waals surface area contributed by atoms with Gasteiger partial charge in [0, 0.05) is 11.8 Å². The van der Waals surface area contributed by atoms with Crippen LogP contribution >= 0.6 is 0 Å². The first kappa shape index (κ1) is 12.9. The number of hydrogen-bond acceptors (Lipinski definition) is 4. The second-order valence-corrected chi connectivity index (χ2v) is 4.03. The van der Waals surface area contributed by atoms with E-state index >= 15 is 0 Å². The average molecular weight is 262 g/mol. The molecular formula is C13H14N2O4. The molecule has 0 aliphatic heterocycles. The van der Waals surface area contributed by atoms with Crippen LogP contribution in [0.25, 0.3) is 0 Å². The van der Waals surface area contributed by atoms with E-state index in [0.29, 0.717) is 30.9 Å². The number of aryl methyl sites for hydroxylation is 1. The van der Waals surface area contributed by atoms with Gasteiger partial charge < -0.3 is 14.9 Å². The van der Waals surface area contributed by atoms with Gasteiger partial charge in [-0.3, -0.25) is 14.7 Å². The lowest BCUT2D eigenvalue weighted by Gasteiger charge is -2.07. The monoisotopic (exact) mass is 262 g/mol. The third-order valence-corrected chi connectivity index (χ3v) is 2.58. The highest BCUT2D eigenvalue weighted by Crippen LogP contribution is 2.24. The third kappa shape index (κ3) is 3.48. The maximum Gasteiger partial charge on any atom is 0.310 e. The summed E-state index contributed by atoms with van der Waals surface area (Å²) in [5, 5.41) is 14.4. The lowest BCUT2D eigenvalue weighted by Crippen LogP contribution is -2.27. The predicted octanol–water partition coefficient (Wildman–Crippen LogP) is 0.780. The highest BCUT2D eigenvalue weighted by molar-refractivity contribution is 5.37. The van der Waals surface area contributed by atoms with Crippen molar-refractivity contribution in [2.24, 2.45) is 0 Å². The van der Waals surface area contributed by atoms with Crippen LogP contribution in [0.2, 0.25) is 0 Å². The smallest absolute Gasteiger partial charge is 0.310 e. The Morgan fingerprint density at radius 3 is 2.68 bits per heavy atom. The molecule has 6 nitrogen and oxygen atoms in total. The Hall–Kier alpha value is -2.50. The number of para-hydroxylation sites is 2. The third-order valence-electron chi connectivity index (χ3n) is 2.58. The predicted molar refractivity (Wildman–Crippen MR) is 69.6 cm³/mol. The van der Waals surface area contributed by atoms with Crippen LogP contribution < -0.4 is 15.7 Å². The fourth-order valence-electron chi connectivity index (χ4n) is 1.62. The minimum atomic E-state index is -0.658. The fourth-order valence-corrected chi connectivity index (χ4v) is 1.62. The molecule has 0 aliphatic carbocycles. The average Bonchev–Trinajstić information content (AvgIpc) is 2.40. The van der Waals surface area contributed by atoms with Crippen molar-refractivity contribution in [2.45, 2.75) is 12.8 Å². The molecule has 1 aromatic carbocycles. The van der Waals surface area contributed by atoms with Crippen LogP contribution in [-0.4, -0.2) is 21.9 Å². The number of nitrogens with one attached hydrogen (secondary N) is 2. The van der Waals surface area contributed by atoms with Crippen LogP contribution in [0.15, 0.2) is 39.9 Å². The van der Waals surface area contributed by atoms with E-state index in [9.17, 15) is 14.7 Å². The lowest BCUT2D eigenvalue weighted by molar-refractivity contribution is 0.293. The van der Waals surface area contributed by atoms with Crippen molar-refractivity contribution in [3.8, 4) is 11.5 Å². The van der Waals surface area contributed by atoms with Crippen molar-refractivity contribution in [1.82, 2.24) is 10.2 Å². The molecule has 19 heavy (non-hydrogen) atoms. The molecule has 0 spiro atoms. The van der Waals surface area contributed by atoms with E-state index in [0.717, 1.165) is 0 Å². The number of phenolic OH excluding ortho intramolecular Hbond substituents is 1. The Kier molecular flexibility index (Phi) is 4.02. The van der Waals surface area contributed by atoms with Gasteiger partial charge in [0.1, 0.15) is 0 Å². The Morgan fingerprint density at radius 2 is 1.95 bits per heavy atom. The number of aromatic hydroxyl groups is 1. The maximum absolute atomic E-state index is 11.1. The first-order valence-corrected chi connectivity index (χ1v) is 5.88. The number of aromatic nitrogens is 2. The molecule has 0 aliphatic rings. The molecule has 0 fully saturated rings. The molecule has 3 N–H and O–H groups in total. The SMILES string of the molecule is O=c1cc(CCCOc2ccccc2O)[nH][nH]c1=O. The van der Waals surface area contributed by atoms with Crippen LogP contribution in [0, 0.1) is 0 Å². The normalized spacial score (nSPS) is 10.3. The summed E-state index contributed by atoms with van der Waals surface area (Å²) in [5.74, 6) is 0.525. The standard InChI is InChI=1S/C13H14N2O4/c16-10-5-1-2-6-12(10)19-7-3-4-9-8-11(17)13(18)15-14-9/h1-2,5-6,8,16H,3-4,7H2,(H,14,17)(H,15,18). The molecule has 1 aromatic heterocycles. The van der Waals surface area contributed by atoms with Crippen molar-refractivity contribution in [2.75, 3.05) is 6.61 Å². The van der Waals surface area contributed by atoms with Gasteiger partial charge in [-0.2, -0.15) is 0 Å². The minimum absolute atomic E-state index is 0.0972. The van der Waals surface area contributed by atoms with Crippen molar-refractivity contribution in [3.05, 3.63) is 56.6 Å². The number of rotatable bonds is 5. The summed E-state index contributed by atoms with van der Waals surface area (Å²) >= 11 is 0.